The van der Waals surface area contributed by atoms with Gasteiger partial charge < -0.3 is 20.4 Å². The molecule has 0 aliphatic carbocycles. The molecular formula is C43H36N4. The van der Waals surface area contributed by atoms with E-state index in [-0.39, 0.29) is 0 Å². The van der Waals surface area contributed by atoms with Crippen LogP contribution in [-0.2, 0) is 6.54 Å². The van der Waals surface area contributed by atoms with Crippen molar-refractivity contribution in [3.8, 4) is 0 Å². The first-order valence-electron chi connectivity index (χ1n) is 15.9. The Bertz CT molecular complexity index is 1880. The molecular weight excluding hydrogens is 573 g/mol. The topological polar surface area (TPSA) is 30.5 Å². The number of para-hydroxylation sites is 4. The Morgan fingerprint density at radius 3 is 0.979 bits per heavy atom. The van der Waals surface area contributed by atoms with Crippen LogP contribution in [-0.4, -0.2) is 0 Å². The summed E-state index contributed by atoms with van der Waals surface area (Å²) >= 11 is 0. The van der Waals surface area contributed by atoms with E-state index in [1.807, 2.05) is 24.3 Å². The Morgan fingerprint density at radius 2 is 0.596 bits per heavy atom. The summed E-state index contributed by atoms with van der Waals surface area (Å²) in [6, 6.07) is 67.6. The average molecular weight is 609 g/mol. The zero-order valence-electron chi connectivity index (χ0n) is 26.1. The predicted molar refractivity (Wildman–Crippen MR) is 199 cm³/mol. The minimum Gasteiger partial charge on any atom is -0.381 e. The highest BCUT2D eigenvalue weighted by atomic mass is 15.1. The van der Waals surface area contributed by atoms with Crippen LogP contribution in [0.2, 0.25) is 0 Å². The molecule has 4 heteroatoms. The molecule has 0 saturated heterocycles. The van der Waals surface area contributed by atoms with Gasteiger partial charge in [0.1, 0.15) is 0 Å². The van der Waals surface area contributed by atoms with Crippen LogP contribution in [0.3, 0.4) is 0 Å². The number of nitrogens with one attached hydrogen (secondary N) is 2. The van der Waals surface area contributed by atoms with E-state index >= 15 is 0 Å². The van der Waals surface area contributed by atoms with Gasteiger partial charge in [-0.25, -0.2) is 0 Å². The van der Waals surface area contributed by atoms with Crippen molar-refractivity contribution < 1.29 is 0 Å². The molecule has 0 heterocycles. The van der Waals surface area contributed by atoms with Gasteiger partial charge in [0, 0.05) is 57.7 Å². The molecule has 7 aromatic rings. The lowest BCUT2D eigenvalue weighted by atomic mass is 10.1. The standard InChI is InChI=1S/C43H36N4/c1-5-13-38(14-6-1)46(39-15-7-2-8-16-39)42-29-21-34(22-30-42)33-44-35-23-25-36(26-24-35)45-37-27-31-43(32-28-37)47(40-17-9-3-10-18-40)41-19-11-4-12-20-41/h1-32,44-45H,33H2. The van der Waals surface area contributed by atoms with Crippen LogP contribution in [0.1, 0.15) is 5.56 Å². The van der Waals surface area contributed by atoms with E-state index in [9.17, 15) is 0 Å². The van der Waals surface area contributed by atoms with E-state index in [0.717, 1.165) is 57.7 Å². The van der Waals surface area contributed by atoms with Crippen LogP contribution < -0.4 is 20.4 Å². The van der Waals surface area contributed by atoms with Crippen molar-refractivity contribution in [3.63, 3.8) is 0 Å². The summed E-state index contributed by atoms with van der Waals surface area (Å²) in [4.78, 5) is 4.54. The third-order valence-electron chi connectivity index (χ3n) is 8.05. The fraction of sp³-hybridized carbons (Fsp3) is 0.0233. The SMILES string of the molecule is c1ccc(N(c2ccccc2)c2ccc(CNc3ccc(Nc4ccc(N(c5ccccc5)c5ccccc5)cc4)cc3)cc2)cc1. The van der Waals surface area contributed by atoms with Crippen molar-refractivity contribution >= 4 is 51.2 Å². The number of nitrogens with zero attached hydrogens (tertiary/aromatic N) is 2. The molecule has 228 valence electrons. The predicted octanol–water partition coefficient (Wildman–Crippen LogP) is 12.0. The summed E-state index contributed by atoms with van der Waals surface area (Å²) in [5.74, 6) is 0. The monoisotopic (exact) mass is 608 g/mol. The van der Waals surface area contributed by atoms with Crippen LogP contribution in [0, 0.1) is 0 Å². The summed E-state index contributed by atoms with van der Waals surface area (Å²) in [5, 5.41) is 7.11. The third-order valence-corrected chi connectivity index (χ3v) is 8.05. The smallest absolute Gasteiger partial charge is 0.0463 e. The molecule has 0 bridgehead atoms. The second-order valence-corrected chi connectivity index (χ2v) is 11.3. The summed E-state index contributed by atoms with van der Waals surface area (Å²) < 4.78 is 0. The van der Waals surface area contributed by atoms with Crippen molar-refractivity contribution in [2.24, 2.45) is 0 Å². The molecule has 0 aliphatic heterocycles. The fourth-order valence-electron chi connectivity index (χ4n) is 5.70. The summed E-state index contributed by atoms with van der Waals surface area (Å²) in [6.45, 7) is 0.741. The molecule has 0 amide bonds. The normalized spacial score (nSPS) is 10.6. The number of rotatable bonds is 11. The van der Waals surface area contributed by atoms with E-state index in [0.29, 0.717) is 0 Å². The fourth-order valence-corrected chi connectivity index (χ4v) is 5.70. The van der Waals surface area contributed by atoms with E-state index in [1.165, 1.54) is 5.56 Å². The van der Waals surface area contributed by atoms with E-state index < -0.39 is 0 Å². The molecule has 0 saturated carbocycles. The van der Waals surface area contributed by atoms with Gasteiger partial charge in [-0.15, -0.1) is 0 Å². The van der Waals surface area contributed by atoms with Crippen LogP contribution >= 0.6 is 0 Å². The summed E-state index contributed by atoms with van der Waals surface area (Å²) in [6.07, 6.45) is 0. The average Bonchev–Trinajstić information content (AvgIpc) is 3.15. The Morgan fingerprint density at radius 1 is 0.298 bits per heavy atom. The lowest BCUT2D eigenvalue weighted by Gasteiger charge is -2.25. The quantitative estimate of drug-likeness (QED) is 0.153. The minimum absolute atomic E-state index is 0.741. The molecule has 2 N–H and O–H groups in total. The Hall–Kier alpha value is -6.26. The number of benzene rings is 7. The van der Waals surface area contributed by atoms with Crippen LogP contribution in [0.15, 0.2) is 194 Å². The first-order chi connectivity index (χ1) is 23.3. The Balaban J connectivity index is 0.985. The van der Waals surface area contributed by atoms with Crippen molar-refractivity contribution in [1.29, 1.82) is 0 Å². The Labute approximate surface area is 277 Å². The summed E-state index contributed by atoms with van der Waals surface area (Å²) in [7, 11) is 0. The van der Waals surface area contributed by atoms with Crippen LogP contribution in [0.5, 0.6) is 0 Å². The lowest BCUT2D eigenvalue weighted by Crippen LogP contribution is -2.09. The maximum absolute atomic E-state index is 3.57. The summed E-state index contributed by atoms with van der Waals surface area (Å²) in [5.41, 5.74) is 11.1. The van der Waals surface area contributed by atoms with Crippen molar-refractivity contribution in [1.82, 2.24) is 0 Å². The Kier molecular flexibility index (Phi) is 8.92. The highest BCUT2D eigenvalue weighted by Crippen LogP contribution is 2.36. The molecule has 0 spiro atoms. The largest absolute Gasteiger partial charge is 0.381 e. The molecule has 0 unspecified atom stereocenters. The van der Waals surface area contributed by atoms with Crippen LogP contribution in [0.4, 0.5) is 51.2 Å². The van der Waals surface area contributed by atoms with Gasteiger partial charge in [0.05, 0.1) is 0 Å². The number of hydrogen-bond acceptors (Lipinski definition) is 4. The second-order valence-electron chi connectivity index (χ2n) is 11.3. The third kappa shape index (κ3) is 7.19. The molecule has 0 fully saturated rings. The molecule has 0 aromatic heterocycles. The molecule has 7 aromatic carbocycles. The molecule has 0 atom stereocenters. The molecule has 0 radical (unpaired) electrons. The maximum Gasteiger partial charge on any atom is 0.0463 e. The maximum atomic E-state index is 3.57. The molecule has 4 nitrogen and oxygen atoms in total. The van der Waals surface area contributed by atoms with E-state index in [4.69, 9.17) is 0 Å². The first kappa shape index (κ1) is 29.5. The van der Waals surface area contributed by atoms with Crippen molar-refractivity contribution in [2.45, 2.75) is 6.54 Å². The van der Waals surface area contributed by atoms with Crippen molar-refractivity contribution in [3.05, 3.63) is 200 Å². The van der Waals surface area contributed by atoms with Gasteiger partial charge in [-0.2, -0.15) is 0 Å². The van der Waals surface area contributed by atoms with Gasteiger partial charge in [-0.1, -0.05) is 84.9 Å². The molecule has 7 rings (SSSR count). The minimum atomic E-state index is 0.741. The van der Waals surface area contributed by atoms with Gasteiger partial charge in [-0.3, -0.25) is 0 Å². The molecule has 0 aliphatic rings. The zero-order valence-corrected chi connectivity index (χ0v) is 26.1. The van der Waals surface area contributed by atoms with E-state index in [1.54, 1.807) is 0 Å². The first-order valence-corrected chi connectivity index (χ1v) is 15.9. The van der Waals surface area contributed by atoms with Gasteiger partial charge in [0.25, 0.3) is 0 Å². The van der Waals surface area contributed by atoms with Crippen LogP contribution in [0.25, 0.3) is 0 Å². The van der Waals surface area contributed by atoms with Gasteiger partial charge >= 0.3 is 0 Å². The molecule has 47 heavy (non-hydrogen) atoms. The van der Waals surface area contributed by atoms with Crippen molar-refractivity contribution in [2.75, 3.05) is 20.4 Å². The highest BCUT2D eigenvalue weighted by Gasteiger charge is 2.13. The van der Waals surface area contributed by atoms with Gasteiger partial charge in [0.15, 0.2) is 0 Å². The van der Waals surface area contributed by atoms with Gasteiger partial charge in [-0.05, 0) is 115 Å². The second kappa shape index (κ2) is 14.2. The van der Waals surface area contributed by atoms with Gasteiger partial charge in [0.2, 0.25) is 0 Å². The number of hydrogen-bond donors (Lipinski definition) is 2. The number of anilines is 9. The lowest BCUT2D eigenvalue weighted by molar-refractivity contribution is 1.14. The zero-order chi connectivity index (χ0) is 31.7. The van der Waals surface area contributed by atoms with E-state index in [2.05, 4.69) is 190 Å². The highest BCUT2D eigenvalue weighted by molar-refractivity contribution is 5.78.